The molecule has 3 aromatic rings. The molecule has 2 fully saturated rings. The van der Waals surface area contributed by atoms with E-state index in [4.69, 9.17) is 10.6 Å². The van der Waals surface area contributed by atoms with E-state index in [1.807, 2.05) is 47.4 Å². The smallest absolute Gasteiger partial charge is 0.334 e. The summed E-state index contributed by atoms with van der Waals surface area (Å²) in [6.45, 7) is 1.35. The molecular formula is C26H27N5O2. The second-order valence-electron chi connectivity index (χ2n) is 8.52. The van der Waals surface area contributed by atoms with Gasteiger partial charge in [0.15, 0.2) is 0 Å². The number of benzene rings is 2. The largest absolute Gasteiger partial charge is 0.437 e. The number of likely N-dealkylation sites (tertiary alicyclic amines) is 1. The number of ether oxygens (including phenoxy) is 1. The summed E-state index contributed by atoms with van der Waals surface area (Å²) in [5.74, 6) is 7.75. The van der Waals surface area contributed by atoms with Gasteiger partial charge in [0.05, 0.1) is 12.2 Å². The highest BCUT2D eigenvalue weighted by molar-refractivity contribution is 5.75. The SMILES string of the molecule is NN(C(=O)N1CCC(=Cc2cccc(Oc3cnccn3)c2)CC1)C1CC1c1ccccc1. The van der Waals surface area contributed by atoms with E-state index in [0.717, 1.165) is 24.8 Å². The minimum absolute atomic E-state index is 0.0724. The van der Waals surface area contributed by atoms with Gasteiger partial charge in [-0.15, -0.1) is 0 Å². The highest BCUT2D eigenvalue weighted by Gasteiger charge is 2.45. The summed E-state index contributed by atoms with van der Waals surface area (Å²) in [6.07, 6.45) is 9.58. The highest BCUT2D eigenvalue weighted by atomic mass is 16.5. The van der Waals surface area contributed by atoms with Gasteiger partial charge in [0.2, 0.25) is 5.88 Å². The number of piperidine rings is 1. The summed E-state index contributed by atoms with van der Waals surface area (Å²) in [4.78, 5) is 23.0. The van der Waals surface area contributed by atoms with Crippen molar-refractivity contribution in [3.8, 4) is 11.6 Å². The minimum Gasteiger partial charge on any atom is -0.437 e. The zero-order chi connectivity index (χ0) is 22.6. The standard InChI is InChI=1S/C26H27N5O2/c27-31(24-17-23(24)21-6-2-1-3-7-21)26(32)30-13-9-19(10-14-30)15-20-5-4-8-22(16-20)33-25-18-28-11-12-29-25/h1-8,11-12,15-16,18,23-24H,9-10,13-14,17,27H2. The fraction of sp³-hybridized carbons (Fsp3) is 0.269. The summed E-state index contributed by atoms with van der Waals surface area (Å²) in [7, 11) is 0. The van der Waals surface area contributed by atoms with Crippen molar-refractivity contribution >= 4 is 12.1 Å². The van der Waals surface area contributed by atoms with Gasteiger partial charge in [-0.25, -0.2) is 15.6 Å². The molecule has 2 unspecified atom stereocenters. The van der Waals surface area contributed by atoms with Gasteiger partial charge in [-0.1, -0.05) is 54.1 Å². The Morgan fingerprint density at radius 2 is 1.91 bits per heavy atom. The Bertz CT molecular complexity index is 1130. The molecule has 2 amide bonds. The summed E-state index contributed by atoms with van der Waals surface area (Å²) >= 11 is 0. The molecule has 1 saturated carbocycles. The van der Waals surface area contributed by atoms with Gasteiger partial charge in [-0.05, 0) is 42.5 Å². The van der Waals surface area contributed by atoms with Crippen LogP contribution in [0.3, 0.4) is 0 Å². The Kier molecular flexibility index (Phi) is 6.04. The third-order valence-electron chi connectivity index (χ3n) is 6.23. The number of aromatic nitrogens is 2. The summed E-state index contributed by atoms with van der Waals surface area (Å²) in [6, 6.07) is 18.2. The van der Waals surface area contributed by atoms with Crippen LogP contribution in [0.4, 0.5) is 4.79 Å². The lowest BCUT2D eigenvalue weighted by Crippen LogP contribution is -2.50. The molecule has 0 radical (unpaired) electrons. The van der Waals surface area contributed by atoms with Gasteiger partial charge in [0.25, 0.3) is 0 Å². The van der Waals surface area contributed by atoms with Gasteiger partial charge in [0.1, 0.15) is 5.75 Å². The molecule has 1 aromatic heterocycles. The van der Waals surface area contributed by atoms with Crippen LogP contribution in [0.1, 0.15) is 36.3 Å². The summed E-state index contributed by atoms with van der Waals surface area (Å²) in [5.41, 5.74) is 3.63. The number of amides is 2. The normalized spacial score (nSPS) is 19.7. The maximum Gasteiger partial charge on any atom is 0.334 e. The van der Waals surface area contributed by atoms with Gasteiger partial charge < -0.3 is 9.64 Å². The zero-order valence-electron chi connectivity index (χ0n) is 18.4. The predicted molar refractivity (Wildman–Crippen MR) is 126 cm³/mol. The second-order valence-corrected chi connectivity index (χ2v) is 8.52. The molecule has 0 bridgehead atoms. The first-order chi connectivity index (χ1) is 16.2. The van der Waals surface area contributed by atoms with Crippen molar-refractivity contribution in [2.45, 2.75) is 31.2 Å². The molecule has 2 aromatic carbocycles. The lowest BCUT2D eigenvalue weighted by molar-refractivity contribution is 0.146. The number of carbonyl (C=O) groups excluding carboxylic acids is 1. The quantitative estimate of drug-likeness (QED) is 0.355. The molecule has 2 atom stereocenters. The molecule has 7 nitrogen and oxygen atoms in total. The third kappa shape index (κ3) is 5.04. The fourth-order valence-corrected chi connectivity index (χ4v) is 4.34. The molecule has 1 saturated heterocycles. The fourth-order valence-electron chi connectivity index (χ4n) is 4.34. The molecule has 2 aliphatic rings. The average molecular weight is 442 g/mol. The molecular weight excluding hydrogens is 414 g/mol. The van der Waals surface area contributed by atoms with Crippen LogP contribution in [0.25, 0.3) is 6.08 Å². The number of hydrogen-bond acceptors (Lipinski definition) is 5. The number of rotatable bonds is 5. The lowest BCUT2D eigenvalue weighted by atomic mass is 10.0. The van der Waals surface area contributed by atoms with Crippen LogP contribution in [-0.4, -0.2) is 45.0 Å². The van der Waals surface area contributed by atoms with Crippen molar-refractivity contribution in [3.05, 3.63) is 89.9 Å². The van der Waals surface area contributed by atoms with Crippen molar-refractivity contribution in [2.75, 3.05) is 13.1 Å². The van der Waals surface area contributed by atoms with Crippen LogP contribution in [0, 0.1) is 0 Å². The maximum atomic E-state index is 12.9. The van der Waals surface area contributed by atoms with Crippen molar-refractivity contribution in [2.24, 2.45) is 5.84 Å². The Hall–Kier alpha value is -3.71. The monoisotopic (exact) mass is 441 g/mol. The van der Waals surface area contributed by atoms with Gasteiger partial charge in [0, 0.05) is 31.4 Å². The Labute approximate surface area is 193 Å². The van der Waals surface area contributed by atoms with Gasteiger partial charge >= 0.3 is 6.03 Å². The van der Waals surface area contributed by atoms with E-state index in [1.54, 1.807) is 18.6 Å². The number of hydrazine groups is 1. The van der Waals surface area contributed by atoms with E-state index >= 15 is 0 Å². The number of nitrogens with zero attached hydrogens (tertiary/aromatic N) is 4. The van der Waals surface area contributed by atoms with Crippen LogP contribution < -0.4 is 10.6 Å². The molecule has 1 aliphatic heterocycles. The van der Waals surface area contributed by atoms with Crippen molar-refractivity contribution in [1.82, 2.24) is 19.9 Å². The van der Waals surface area contributed by atoms with Crippen LogP contribution >= 0.6 is 0 Å². The van der Waals surface area contributed by atoms with E-state index in [-0.39, 0.29) is 12.1 Å². The van der Waals surface area contributed by atoms with Crippen molar-refractivity contribution in [1.29, 1.82) is 0 Å². The van der Waals surface area contributed by atoms with E-state index in [1.165, 1.54) is 16.1 Å². The highest BCUT2D eigenvalue weighted by Crippen LogP contribution is 2.43. The van der Waals surface area contributed by atoms with E-state index < -0.39 is 0 Å². The van der Waals surface area contributed by atoms with Crippen LogP contribution in [-0.2, 0) is 0 Å². The van der Waals surface area contributed by atoms with Crippen LogP contribution in [0.2, 0.25) is 0 Å². The first-order valence-electron chi connectivity index (χ1n) is 11.3. The average Bonchev–Trinajstić information content (AvgIpc) is 3.66. The Balaban J connectivity index is 1.16. The molecule has 5 rings (SSSR count). The van der Waals surface area contributed by atoms with E-state index in [2.05, 4.69) is 28.2 Å². The maximum absolute atomic E-state index is 12.9. The predicted octanol–water partition coefficient (Wildman–Crippen LogP) is 4.60. The minimum atomic E-state index is -0.0724. The summed E-state index contributed by atoms with van der Waals surface area (Å²) < 4.78 is 5.78. The zero-order valence-corrected chi connectivity index (χ0v) is 18.4. The molecule has 7 heteroatoms. The van der Waals surface area contributed by atoms with E-state index in [0.29, 0.717) is 30.6 Å². The topological polar surface area (TPSA) is 84.6 Å². The number of nitrogens with two attached hydrogens (primary N) is 1. The molecule has 33 heavy (non-hydrogen) atoms. The van der Waals surface area contributed by atoms with Gasteiger partial charge in [-0.3, -0.25) is 9.99 Å². The number of hydrogen-bond donors (Lipinski definition) is 1. The number of carbonyl (C=O) groups is 1. The molecule has 2 N–H and O–H groups in total. The second kappa shape index (κ2) is 9.42. The Morgan fingerprint density at radius 1 is 1.09 bits per heavy atom. The van der Waals surface area contributed by atoms with E-state index in [9.17, 15) is 4.79 Å². The van der Waals surface area contributed by atoms with Crippen molar-refractivity contribution < 1.29 is 9.53 Å². The first kappa shape index (κ1) is 21.2. The third-order valence-corrected chi connectivity index (χ3v) is 6.23. The molecule has 2 heterocycles. The molecule has 168 valence electrons. The summed E-state index contributed by atoms with van der Waals surface area (Å²) in [5, 5.41) is 1.44. The van der Waals surface area contributed by atoms with Gasteiger partial charge in [-0.2, -0.15) is 0 Å². The first-order valence-corrected chi connectivity index (χ1v) is 11.3. The Morgan fingerprint density at radius 3 is 2.67 bits per heavy atom. The number of urea groups is 1. The lowest BCUT2D eigenvalue weighted by Gasteiger charge is -2.32. The van der Waals surface area contributed by atoms with Crippen molar-refractivity contribution in [3.63, 3.8) is 0 Å². The molecule has 0 spiro atoms. The van der Waals surface area contributed by atoms with Crippen LogP contribution in [0.15, 0.2) is 78.8 Å². The van der Waals surface area contributed by atoms with Crippen LogP contribution in [0.5, 0.6) is 11.6 Å². The molecule has 1 aliphatic carbocycles.